The molecule has 0 radical (unpaired) electrons. The van der Waals surface area contributed by atoms with Crippen molar-refractivity contribution in [3.05, 3.63) is 63.2 Å². The zero-order chi connectivity index (χ0) is 15.4. The van der Waals surface area contributed by atoms with Crippen molar-refractivity contribution in [1.82, 2.24) is 0 Å². The van der Waals surface area contributed by atoms with Gasteiger partial charge in [-0.2, -0.15) is 0 Å². The molecule has 0 atom stereocenters. The summed E-state index contributed by atoms with van der Waals surface area (Å²) in [6.07, 6.45) is 0. The Morgan fingerprint density at radius 2 is 1.86 bits per heavy atom. The van der Waals surface area contributed by atoms with E-state index in [9.17, 15) is 10.1 Å². The molecule has 0 heterocycles. The van der Waals surface area contributed by atoms with Crippen LogP contribution in [-0.4, -0.2) is 19.0 Å². The molecule has 0 unspecified atom stereocenters. The molecule has 0 fully saturated rings. The molecule has 0 bridgehead atoms. The van der Waals surface area contributed by atoms with E-state index < -0.39 is 4.92 Å². The van der Waals surface area contributed by atoms with Crippen LogP contribution in [0.15, 0.2) is 42.5 Å². The van der Waals surface area contributed by atoms with Crippen molar-refractivity contribution in [3.8, 4) is 0 Å². The molecule has 6 heteroatoms. The lowest BCUT2D eigenvalue weighted by Crippen LogP contribution is -2.08. The second kappa shape index (κ2) is 6.45. The zero-order valence-corrected chi connectivity index (χ0v) is 12.6. The predicted molar refractivity (Wildman–Crippen MR) is 86.2 cm³/mol. The molecule has 5 nitrogen and oxygen atoms in total. The Morgan fingerprint density at radius 1 is 1.19 bits per heavy atom. The number of halogens is 1. The van der Waals surface area contributed by atoms with Crippen LogP contribution in [0.5, 0.6) is 0 Å². The first-order valence-corrected chi connectivity index (χ1v) is 6.79. The maximum Gasteiger partial charge on any atom is 0.292 e. The summed E-state index contributed by atoms with van der Waals surface area (Å²) in [5.74, 6) is 0. The Labute approximate surface area is 128 Å². The van der Waals surface area contributed by atoms with E-state index in [0.717, 1.165) is 11.3 Å². The summed E-state index contributed by atoms with van der Waals surface area (Å²) in [5.41, 5.74) is 2.58. The van der Waals surface area contributed by atoms with Crippen LogP contribution in [0.25, 0.3) is 0 Å². The summed E-state index contributed by atoms with van der Waals surface area (Å²) in [6.45, 7) is 0.495. The van der Waals surface area contributed by atoms with Gasteiger partial charge in [0, 0.05) is 37.4 Å². The van der Waals surface area contributed by atoms with Gasteiger partial charge in [-0.1, -0.05) is 23.7 Å². The molecular formula is C15H16ClN3O2. The van der Waals surface area contributed by atoms with Gasteiger partial charge in [-0.3, -0.25) is 10.1 Å². The number of hydrogen-bond donors (Lipinski definition) is 1. The molecule has 0 aliphatic rings. The minimum atomic E-state index is -0.423. The topological polar surface area (TPSA) is 58.4 Å². The van der Waals surface area contributed by atoms with Crippen LogP contribution in [0.2, 0.25) is 5.02 Å². The summed E-state index contributed by atoms with van der Waals surface area (Å²) >= 11 is 5.89. The highest BCUT2D eigenvalue weighted by atomic mass is 35.5. The summed E-state index contributed by atoms with van der Waals surface area (Å²) in [5, 5.41) is 14.5. The van der Waals surface area contributed by atoms with Crippen LogP contribution in [0.1, 0.15) is 5.56 Å². The molecule has 21 heavy (non-hydrogen) atoms. The standard InChI is InChI=1S/C15H16ClN3O2/c1-18(2)13-6-3-11(4-7-13)10-17-14-9-12(16)5-8-15(14)19(20)21/h3-9,17H,10H2,1-2H3. The van der Waals surface area contributed by atoms with E-state index in [-0.39, 0.29) is 5.69 Å². The van der Waals surface area contributed by atoms with Crippen molar-refractivity contribution in [3.63, 3.8) is 0 Å². The molecule has 0 spiro atoms. The molecule has 0 amide bonds. The molecule has 2 aromatic rings. The van der Waals surface area contributed by atoms with Gasteiger partial charge in [-0.05, 0) is 29.8 Å². The van der Waals surface area contributed by atoms with Crippen molar-refractivity contribution < 1.29 is 4.92 Å². The van der Waals surface area contributed by atoms with Crippen molar-refractivity contribution in [1.29, 1.82) is 0 Å². The van der Waals surface area contributed by atoms with Gasteiger partial charge in [0.1, 0.15) is 5.69 Å². The molecule has 0 saturated heterocycles. The first-order chi connectivity index (χ1) is 9.97. The molecule has 0 aromatic heterocycles. The summed E-state index contributed by atoms with van der Waals surface area (Å²) in [7, 11) is 3.95. The normalized spacial score (nSPS) is 10.2. The maximum absolute atomic E-state index is 11.0. The lowest BCUT2D eigenvalue weighted by Gasteiger charge is -2.13. The Hall–Kier alpha value is -2.27. The minimum absolute atomic E-state index is 0.0179. The second-order valence-corrected chi connectivity index (χ2v) is 5.27. The average molecular weight is 306 g/mol. The van der Waals surface area contributed by atoms with Crippen LogP contribution in [0.4, 0.5) is 17.1 Å². The van der Waals surface area contributed by atoms with Crippen LogP contribution in [-0.2, 0) is 6.54 Å². The fourth-order valence-corrected chi connectivity index (χ4v) is 2.09. The molecule has 110 valence electrons. The Balaban J connectivity index is 2.12. The third kappa shape index (κ3) is 3.86. The van der Waals surface area contributed by atoms with Gasteiger partial charge >= 0.3 is 0 Å². The lowest BCUT2D eigenvalue weighted by atomic mass is 10.2. The van der Waals surface area contributed by atoms with Crippen molar-refractivity contribution in [2.45, 2.75) is 6.54 Å². The molecule has 1 N–H and O–H groups in total. The van der Waals surface area contributed by atoms with Crippen LogP contribution >= 0.6 is 11.6 Å². The van der Waals surface area contributed by atoms with E-state index in [0.29, 0.717) is 17.3 Å². The fraction of sp³-hybridized carbons (Fsp3) is 0.200. The van der Waals surface area contributed by atoms with Gasteiger partial charge in [0.25, 0.3) is 5.69 Å². The summed E-state index contributed by atoms with van der Waals surface area (Å²) in [4.78, 5) is 12.6. The van der Waals surface area contributed by atoms with Crippen molar-refractivity contribution in [2.75, 3.05) is 24.3 Å². The van der Waals surface area contributed by atoms with E-state index in [1.807, 2.05) is 43.3 Å². The van der Waals surface area contributed by atoms with Crippen molar-refractivity contribution in [2.24, 2.45) is 0 Å². The van der Waals surface area contributed by atoms with Crippen LogP contribution in [0.3, 0.4) is 0 Å². The summed E-state index contributed by atoms with van der Waals surface area (Å²) < 4.78 is 0. The number of anilines is 2. The number of hydrogen-bond acceptors (Lipinski definition) is 4. The first-order valence-electron chi connectivity index (χ1n) is 6.41. The quantitative estimate of drug-likeness (QED) is 0.672. The average Bonchev–Trinajstić information content (AvgIpc) is 2.45. The SMILES string of the molecule is CN(C)c1ccc(CNc2cc(Cl)ccc2[N+](=O)[O-])cc1. The van der Waals surface area contributed by atoms with Gasteiger partial charge in [0.05, 0.1) is 4.92 Å². The molecular weight excluding hydrogens is 290 g/mol. The van der Waals surface area contributed by atoms with Crippen LogP contribution in [0, 0.1) is 10.1 Å². The Kier molecular flexibility index (Phi) is 4.65. The third-order valence-electron chi connectivity index (χ3n) is 3.09. The fourth-order valence-electron chi connectivity index (χ4n) is 1.92. The number of nitro groups is 1. The van der Waals surface area contributed by atoms with Gasteiger partial charge in [0.15, 0.2) is 0 Å². The Morgan fingerprint density at radius 3 is 2.43 bits per heavy atom. The smallest absolute Gasteiger partial charge is 0.292 e. The monoisotopic (exact) mass is 305 g/mol. The summed E-state index contributed by atoms with van der Waals surface area (Å²) in [6, 6.07) is 12.5. The van der Waals surface area contributed by atoms with E-state index in [2.05, 4.69) is 5.32 Å². The van der Waals surface area contributed by atoms with Gasteiger partial charge in [0.2, 0.25) is 0 Å². The van der Waals surface area contributed by atoms with E-state index in [4.69, 9.17) is 11.6 Å². The van der Waals surface area contributed by atoms with E-state index in [1.165, 1.54) is 12.1 Å². The molecule has 2 aromatic carbocycles. The lowest BCUT2D eigenvalue weighted by molar-refractivity contribution is -0.384. The maximum atomic E-state index is 11.0. The third-order valence-corrected chi connectivity index (χ3v) is 3.33. The first kappa shape index (κ1) is 15.1. The largest absolute Gasteiger partial charge is 0.378 e. The highest BCUT2D eigenvalue weighted by Gasteiger charge is 2.13. The minimum Gasteiger partial charge on any atom is -0.378 e. The number of nitrogens with zero attached hydrogens (tertiary/aromatic N) is 2. The molecule has 0 aliphatic carbocycles. The second-order valence-electron chi connectivity index (χ2n) is 4.83. The highest BCUT2D eigenvalue weighted by molar-refractivity contribution is 6.31. The van der Waals surface area contributed by atoms with Crippen LogP contribution < -0.4 is 10.2 Å². The number of nitro benzene ring substituents is 1. The molecule has 2 rings (SSSR count). The van der Waals surface area contributed by atoms with E-state index >= 15 is 0 Å². The van der Waals surface area contributed by atoms with E-state index in [1.54, 1.807) is 6.07 Å². The predicted octanol–water partition coefficient (Wildman–Crippen LogP) is 3.93. The van der Waals surface area contributed by atoms with Gasteiger partial charge in [-0.15, -0.1) is 0 Å². The number of rotatable bonds is 5. The highest BCUT2D eigenvalue weighted by Crippen LogP contribution is 2.28. The number of nitrogens with one attached hydrogen (secondary N) is 1. The zero-order valence-electron chi connectivity index (χ0n) is 11.8. The molecule has 0 aliphatic heterocycles. The number of benzene rings is 2. The van der Waals surface area contributed by atoms with Gasteiger partial charge in [-0.25, -0.2) is 0 Å². The van der Waals surface area contributed by atoms with Gasteiger partial charge < -0.3 is 10.2 Å². The Bertz CT molecular complexity index is 642. The van der Waals surface area contributed by atoms with Crippen molar-refractivity contribution >= 4 is 28.7 Å². The molecule has 0 saturated carbocycles.